The molecule has 1 atom stereocenters. The molecule has 128 valence electrons. The molecule has 0 aliphatic heterocycles. The Morgan fingerprint density at radius 1 is 1.16 bits per heavy atom. The van der Waals surface area contributed by atoms with E-state index in [1.165, 1.54) is 28.9 Å². The van der Waals surface area contributed by atoms with Crippen LogP contribution in [0, 0.1) is 5.82 Å². The predicted octanol–water partition coefficient (Wildman–Crippen LogP) is 1.90. The first-order valence-corrected chi connectivity index (χ1v) is 7.58. The molecule has 1 aromatic heterocycles. The zero-order valence-electron chi connectivity index (χ0n) is 13.1. The number of hydrogen-bond acceptors (Lipinski definition) is 4. The molecule has 0 saturated heterocycles. The lowest BCUT2D eigenvalue weighted by Crippen LogP contribution is -2.33. The van der Waals surface area contributed by atoms with Crippen molar-refractivity contribution in [1.82, 2.24) is 20.3 Å². The van der Waals surface area contributed by atoms with Gasteiger partial charge >= 0.3 is 5.97 Å². The summed E-state index contributed by atoms with van der Waals surface area (Å²) in [6.07, 6.45) is -0.310. The maximum atomic E-state index is 13.1. The number of aromatic nitrogens is 3. The fraction of sp³-hybridized carbons (Fsp3) is 0.176. The van der Waals surface area contributed by atoms with Crippen LogP contribution in [0.15, 0.2) is 48.5 Å². The van der Waals surface area contributed by atoms with Crippen molar-refractivity contribution in [2.75, 3.05) is 0 Å². The topological polar surface area (TPSA) is 97.1 Å². The highest BCUT2D eigenvalue weighted by atomic mass is 19.1. The summed E-state index contributed by atoms with van der Waals surface area (Å²) < 4.78 is 14.5. The van der Waals surface area contributed by atoms with Crippen molar-refractivity contribution in [2.24, 2.45) is 0 Å². The molecule has 0 radical (unpaired) electrons. The van der Waals surface area contributed by atoms with Gasteiger partial charge in [-0.25, -0.2) is 9.07 Å². The van der Waals surface area contributed by atoms with Crippen LogP contribution in [-0.2, 0) is 16.1 Å². The SMILES string of the molecule is O=C(O)C[C@H](NC(=O)Cn1nnc2ccccc21)c1ccc(F)cc1. The van der Waals surface area contributed by atoms with Gasteiger partial charge in [0.25, 0.3) is 0 Å². The Kier molecular flexibility index (Phi) is 4.69. The molecule has 0 aliphatic carbocycles. The molecule has 25 heavy (non-hydrogen) atoms. The second-order valence-corrected chi connectivity index (χ2v) is 5.51. The molecule has 0 spiro atoms. The molecule has 8 heteroatoms. The number of para-hydroxylation sites is 1. The van der Waals surface area contributed by atoms with Crippen molar-refractivity contribution in [1.29, 1.82) is 0 Å². The molecule has 3 aromatic rings. The van der Waals surface area contributed by atoms with E-state index in [-0.39, 0.29) is 13.0 Å². The fourth-order valence-corrected chi connectivity index (χ4v) is 2.53. The zero-order valence-corrected chi connectivity index (χ0v) is 13.1. The first kappa shape index (κ1) is 16.6. The molecule has 1 amide bonds. The van der Waals surface area contributed by atoms with E-state index in [1.54, 1.807) is 12.1 Å². The average molecular weight is 342 g/mol. The number of nitrogens with zero attached hydrogens (tertiary/aromatic N) is 3. The lowest BCUT2D eigenvalue weighted by molar-refractivity contribution is -0.137. The molecule has 2 N–H and O–H groups in total. The van der Waals surface area contributed by atoms with Gasteiger partial charge in [0.1, 0.15) is 17.9 Å². The van der Waals surface area contributed by atoms with E-state index in [2.05, 4.69) is 15.6 Å². The zero-order chi connectivity index (χ0) is 17.8. The lowest BCUT2D eigenvalue weighted by Gasteiger charge is -2.17. The van der Waals surface area contributed by atoms with Gasteiger partial charge in [-0.05, 0) is 29.8 Å². The molecular formula is C17H15FN4O3. The minimum absolute atomic E-state index is 0.0994. The molecule has 3 rings (SSSR count). The van der Waals surface area contributed by atoms with E-state index < -0.39 is 23.7 Å². The van der Waals surface area contributed by atoms with E-state index in [0.29, 0.717) is 16.6 Å². The summed E-state index contributed by atoms with van der Waals surface area (Å²) in [5.41, 5.74) is 1.88. The minimum atomic E-state index is -1.07. The van der Waals surface area contributed by atoms with Crippen molar-refractivity contribution >= 4 is 22.9 Å². The van der Waals surface area contributed by atoms with Crippen molar-refractivity contribution in [2.45, 2.75) is 19.0 Å². The number of rotatable bonds is 6. The predicted molar refractivity (Wildman–Crippen MR) is 87.1 cm³/mol. The summed E-state index contributed by atoms with van der Waals surface area (Å²) >= 11 is 0. The fourth-order valence-electron chi connectivity index (χ4n) is 2.53. The smallest absolute Gasteiger partial charge is 0.305 e. The first-order chi connectivity index (χ1) is 12.0. The number of nitrogens with one attached hydrogen (secondary N) is 1. The molecule has 0 bridgehead atoms. The van der Waals surface area contributed by atoms with Gasteiger partial charge in [0.15, 0.2) is 0 Å². The second-order valence-electron chi connectivity index (χ2n) is 5.51. The number of halogens is 1. The van der Waals surface area contributed by atoms with Gasteiger partial charge < -0.3 is 10.4 Å². The van der Waals surface area contributed by atoms with Gasteiger partial charge in [-0.3, -0.25) is 9.59 Å². The van der Waals surface area contributed by atoms with Gasteiger partial charge in [0, 0.05) is 0 Å². The van der Waals surface area contributed by atoms with E-state index >= 15 is 0 Å². The Bertz CT molecular complexity index is 908. The van der Waals surface area contributed by atoms with Crippen LogP contribution in [0.25, 0.3) is 11.0 Å². The van der Waals surface area contributed by atoms with Crippen LogP contribution in [0.4, 0.5) is 4.39 Å². The van der Waals surface area contributed by atoms with Crippen LogP contribution in [0.5, 0.6) is 0 Å². The Morgan fingerprint density at radius 2 is 1.88 bits per heavy atom. The van der Waals surface area contributed by atoms with Crippen molar-refractivity contribution in [3.63, 3.8) is 0 Å². The van der Waals surface area contributed by atoms with E-state index in [9.17, 15) is 14.0 Å². The third kappa shape index (κ3) is 3.97. The number of benzene rings is 2. The third-order valence-corrected chi connectivity index (χ3v) is 3.70. The molecule has 7 nitrogen and oxygen atoms in total. The van der Waals surface area contributed by atoms with Crippen LogP contribution in [0.3, 0.4) is 0 Å². The number of amides is 1. The maximum Gasteiger partial charge on any atom is 0.305 e. The molecule has 0 saturated carbocycles. The number of carbonyl (C=O) groups excluding carboxylic acids is 1. The number of hydrogen-bond donors (Lipinski definition) is 2. The van der Waals surface area contributed by atoms with Gasteiger partial charge in [-0.15, -0.1) is 5.10 Å². The lowest BCUT2D eigenvalue weighted by atomic mass is 10.0. The van der Waals surface area contributed by atoms with E-state index in [1.807, 2.05) is 12.1 Å². The van der Waals surface area contributed by atoms with E-state index in [0.717, 1.165) is 0 Å². The standard InChI is InChI=1S/C17H15FN4O3/c18-12-7-5-11(6-8-12)14(9-17(24)25)19-16(23)10-22-15-4-2-1-3-13(15)20-21-22/h1-8,14H,9-10H2,(H,19,23)(H,24,25)/t14-/m0/s1. The Hall–Kier alpha value is -3.29. The highest BCUT2D eigenvalue weighted by Gasteiger charge is 2.19. The number of carboxylic acid groups (broad SMARTS) is 1. The molecule has 0 aliphatic rings. The summed E-state index contributed by atoms with van der Waals surface area (Å²) in [5, 5.41) is 19.6. The second kappa shape index (κ2) is 7.08. The van der Waals surface area contributed by atoms with Crippen molar-refractivity contribution in [3.05, 3.63) is 59.9 Å². The summed E-state index contributed by atoms with van der Waals surface area (Å²) in [6.45, 7) is -0.0994. The van der Waals surface area contributed by atoms with Gasteiger partial charge in [-0.2, -0.15) is 0 Å². The van der Waals surface area contributed by atoms with Crippen molar-refractivity contribution < 1.29 is 19.1 Å². The normalized spacial score (nSPS) is 12.0. The van der Waals surface area contributed by atoms with Crippen LogP contribution in [-0.4, -0.2) is 32.0 Å². The number of fused-ring (bicyclic) bond motifs is 1. The summed E-state index contributed by atoms with van der Waals surface area (Å²) in [4.78, 5) is 23.4. The number of aliphatic carboxylic acids is 1. The molecule has 2 aromatic carbocycles. The molecule has 1 heterocycles. The average Bonchev–Trinajstić information content (AvgIpc) is 2.98. The Balaban J connectivity index is 1.75. The van der Waals surface area contributed by atoms with Crippen LogP contribution >= 0.6 is 0 Å². The van der Waals surface area contributed by atoms with E-state index in [4.69, 9.17) is 5.11 Å². The minimum Gasteiger partial charge on any atom is -0.481 e. The highest BCUT2D eigenvalue weighted by Crippen LogP contribution is 2.18. The molecular weight excluding hydrogens is 327 g/mol. The summed E-state index contributed by atoms with van der Waals surface area (Å²) in [5.74, 6) is -1.91. The first-order valence-electron chi connectivity index (χ1n) is 7.58. The van der Waals surface area contributed by atoms with Gasteiger partial charge in [0.05, 0.1) is 18.0 Å². The quantitative estimate of drug-likeness (QED) is 0.713. The molecule has 0 unspecified atom stereocenters. The van der Waals surface area contributed by atoms with Crippen LogP contribution < -0.4 is 5.32 Å². The van der Waals surface area contributed by atoms with Crippen LogP contribution in [0.1, 0.15) is 18.0 Å². The van der Waals surface area contributed by atoms with Crippen LogP contribution in [0.2, 0.25) is 0 Å². The maximum absolute atomic E-state index is 13.1. The largest absolute Gasteiger partial charge is 0.481 e. The number of carbonyl (C=O) groups is 2. The Labute approximate surface area is 142 Å². The van der Waals surface area contributed by atoms with Gasteiger partial charge in [-0.1, -0.05) is 29.5 Å². The Morgan fingerprint density at radius 3 is 2.60 bits per heavy atom. The van der Waals surface area contributed by atoms with Gasteiger partial charge in [0.2, 0.25) is 5.91 Å². The number of carboxylic acids is 1. The summed E-state index contributed by atoms with van der Waals surface area (Å²) in [6, 6.07) is 11.8. The highest BCUT2D eigenvalue weighted by molar-refractivity contribution is 5.80. The third-order valence-electron chi connectivity index (χ3n) is 3.70. The monoisotopic (exact) mass is 342 g/mol. The summed E-state index contributed by atoms with van der Waals surface area (Å²) in [7, 11) is 0. The molecule has 0 fully saturated rings. The van der Waals surface area contributed by atoms with Crippen molar-refractivity contribution in [3.8, 4) is 0 Å².